The third kappa shape index (κ3) is 4.01. The number of para-hydroxylation sites is 1. The molecular formula is C21H19F2N5O. The van der Waals surface area contributed by atoms with Gasteiger partial charge in [0.1, 0.15) is 17.3 Å². The highest BCUT2D eigenvalue weighted by molar-refractivity contribution is 5.92. The molecule has 0 atom stereocenters. The van der Waals surface area contributed by atoms with Crippen LogP contribution in [0.5, 0.6) is 0 Å². The highest BCUT2D eigenvalue weighted by atomic mass is 19.1. The lowest BCUT2D eigenvalue weighted by Gasteiger charge is -2.36. The van der Waals surface area contributed by atoms with Crippen molar-refractivity contribution >= 4 is 17.5 Å². The van der Waals surface area contributed by atoms with Gasteiger partial charge >= 0.3 is 0 Å². The first-order valence-corrected chi connectivity index (χ1v) is 9.20. The second kappa shape index (κ2) is 7.83. The van der Waals surface area contributed by atoms with Crippen LogP contribution in [0.4, 0.5) is 20.4 Å². The topological polar surface area (TPSA) is 75.4 Å². The molecule has 2 heterocycles. The predicted molar refractivity (Wildman–Crippen MR) is 107 cm³/mol. The number of carbonyl (C=O) groups is 1. The Bertz CT molecular complexity index is 1050. The Labute approximate surface area is 166 Å². The molecule has 0 saturated carbocycles. The number of halogens is 2. The number of anilines is 2. The molecule has 1 saturated heterocycles. The lowest BCUT2D eigenvalue weighted by molar-refractivity contribution is 0.0995. The maximum Gasteiger partial charge on any atom is 0.267 e. The zero-order valence-corrected chi connectivity index (χ0v) is 15.6. The van der Waals surface area contributed by atoms with Gasteiger partial charge in [0.2, 0.25) is 5.95 Å². The summed E-state index contributed by atoms with van der Waals surface area (Å²) in [5, 5.41) is 0. The monoisotopic (exact) mass is 395 g/mol. The van der Waals surface area contributed by atoms with Crippen molar-refractivity contribution in [2.45, 2.75) is 0 Å². The summed E-state index contributed by atoms with van der Waals surface area (Å²) in [4.78, 5) is 24.4. The number of primary amides is 1. The largest absolute Gasteiger partial charge is 0.366 e. The molecule has 4 rings (SSSR count). The Balaban J connectivity index is 1.60. The number of carbonyl (C=O) groups excluding carboxylic acids is 1. The third-order valence-corrected chi connectivity index (χ3v) is 4.84. The molecule has 2 N–H and O–H groups in total. The number of rotatable bonds is 4. The number of piperazine rings is 1. The van der Waals surface area contributed by atoms with Crippen LogP contribution in [0, 0.1) is 11.6 Å². The first-order valence-electron chi connectivity index (χ1n) is 9.20. The van der Waals surface area contributed by atoms with Crippen LogP contribution in [0.1, 0.15) is 10.5 Å². The fourth-order valence-electron chi connectivity index (χ4n) is 3.35. The number of amides is 1. The number of nitrogens with zero attached hydrogens (tertiary/aromatic N) is 4. The van der Waals surface area contributed by atoms with Crippen molar-refractivity contribution in [3.05, 3.63) is 71.9 Å². The predicted octanol–water partition coefficient (Wildman–Crippen LogP) is 2.85. The summed E-state index contributed by atoms with van der Waals surface area (Å²) in [5.74, 6) is -1.01. The van der Waals surface area contributed by atoms with Crippen molar-refractivity contribution in [1.82, 2.24) is 9.97 Å². The van der Waals surface area contributed by atoms with E-state index in [1.165, 1.54) is 24.3 Å². The summed E-state index contributed by atoms with van der Waals surface area (Å²) >= 11 is 0. The van der Waals surface area contributed by atoms with E-state index >= 15 is 0 Å². The van der Waals surface area contributed by atoms with Crippen molar-refractivity contribution < 1.29 is 13.6 Å². The van der Waals surface area contributed by atoms with E-state index in [4.69, 9.17) is 5.73 Å². The summed E-state index contributed by atoms with van der Waals surface area (Å²) in [6, 6.07) is 14.1. The fourth-order valence-corrected chi connectivity index (χ4v) is 3.35. The standard InChI is InChI=1S/C21H19F2N5O/c22-15-5-3-4-14(12-15)17-13-18(20(24)29)26-21(25-17)28-10-8-27(9-11-28)19-7-2-1-6-16(19)23/h1-7,12-13H,8-11H2,(H2,24,29). The van der Waals surface area contributed by atoms with Gasteiger partial charge in [-0.3, -0.25) is 4.79 Å². The summed E-state index contributed by atoms with van der Waals surface area (Å²) < 4.78 is 27.7. The maximum atomic E-state index is 14.0. The third-order valence-electron chi connectivity index (χ3n) is 4.84. The zero-order chi connectivity index (χ0) is 20.4. The van der Waals surface area contributed by atoms with Gasteiger partial charge in [0.05, 0.1) is 11.4 Å². The number of aromatic nitrogens is 2. The minimum Gasteiger partial charge on any atom is -0.366 e. The van der Waals surface area contributed by atoms with Gasteiger partial charge in [-0.05, 0) is 30.3 Å². The SMILES string of the molecule is NC(=O)c1cc(-c2cccc(F)c2)nc(N2CCN(c3ccccc3F)CC2)n1. The molecule has 0 unspecified atom stereocenters. The van der Waals surface area contributed by atoms with Gasteiger partial charge in [0, 0.05) is 31.7 Å². The molecule has 0 bridgehead atoms. The highest BCUT2D eigenvalue weighted by Crippen LogP contribution is 2.24. The average molecular weight is 395 g/mol. The Morgan fingerprint density at radius 2 is 1.62 bits per heavy atom. The first-order chi connectivity index (χ1) is 14.0. The van der Waals surface area contributed by atoms with Gasteiger partial charge in [0.25, 0.3) is 5.91 Å². The number of nitrogens with two attached hydrogens (primary N) is 1. The lowest BCUT2D eigenvalue weighted by Crippen LogP contribution is -2.47. The molecule has 148 valence electrons. The van der Waals surface area contributed by atoms with E-state index in [2.05, 4.69) is 9.97 Å². The van der Waals surface area contributed by atoms with E-state index < -0.39 is 11.7 Å². The molecule has 1 aliphatic heterocycles. The van der Waals surface area contributed by atoms with E-state index in [0.717, 1.165) is 0 Å². The molecule has 1 aliphatic rings. The highest BCUT2D eigenvalue weighted by Gasteiger charge is 2.22. The van der Waals surface area contributed by atoms with E-state index in [1.807, 2.05) is 9.80 Å². The van der Waals surface area contributed by atoms with Gasteiger partial charge in [-0.15, -0.1) is 0 Å². The molecule has 1 fully saturated rings. The smallest absolute Gasteiger partial charge is 0.267 e. The van der Waals surface area contributed by atoms with Crippen LogP contribution in [0.25, 0.3) is 11.3 Å². The van der Waals surface area contributed by atoms with Crippen LogP contribution < -0.4 is 15.5 Å². The average Bonchev–Trinajstić information content (AvgIpc) is 2.74. The van der Waals surface area contributed by atoms with Crippen molar-refractivity contribution in [1.29, 1.82) is 0 Å². The van der Waals surface area contributed by atoms with Crippen LogP contribution in [-0.4, -0.2) is 42.1 Å². The van der Waals surface area contributed by atoms with E-state index in [1.54, 1.807) is 30.3 Å². The van der Waals surface area contributed by atoms with Gasteiger partial charge < -0.3 is 15.5 Å². The molecule has 1 aromatic heterocycles. The van der Waals surface area contributed by atoms with Crippen LogP contribution in [0.3, 0.4) is 0 Å². The van der Waals surface area contributed by atoms with E-state index in [9.17, 15) is 13.6 Å². The zero-order valence-electron chi connectivity index (χ0n) is 15.6. The molecular weight excluding hydrogens is 376 g/mol. The van der Waals surface area contributed by atoms with Crippen molar-refractivity contribution in [3.63, 3.8) is 0 Å². The van der Waals surface area contributed by atoms with Crippen LogP contribution in [-0.2, 0) is 0 Å². The van der Waals surface area contributed by atoms with Gasteiger partial charge in [-0.2, -0.15) is 0 Å². The molecule has 0 radical (unpaired) electrons. The number of hydrogen-bond acceptors (Lipinski definition) is 5. The van der Waals surface area contributed by atoms with Crippen LogP contribution >= 0.6 is 0 Å². The summed E-state index contributed by atoms with van der Waals surface area (Å²) in [6.45, 7) is 2.22. The van der Waals surface area contributed by atoms with Crippen LogP contribution in [0.15, 0.2) is 54.6 Å². The Kier molecular flexibility index (Phi) is 5.07. The van der Waals surface area contributed by atoms with Gasteiger partial charge in [-0.25, -0.2) is 18.7 Å². The van der Waals surface area contributed by atoms with Crippen molar-refractivity contribution in [3.8, 4) is 11.3 Å². The molecule has 29 heavy (non-hydrogen) atoms. The Morgan fingerprint density at radius 1 is 0.897 bits per heavy atom. The summed E-state index contributed by atoms with van der Waals surface area (Å²) in [7, 11) is 0. The molecule has 0 aliphatic carbocycles. The first kappa shape index (κ1) is 18.8. The molecule has 6 nitrogen and oxygen atoms in total. The fraction of sp³-hybridized carbons (Fsp3) is 0.190. The minimum atomic E-state index is -0.684. The van der Waals surface area contributed by atoms with Crippen molar-refractivity contribution in [2.75, 3.05) is 36.0 Å². The minimum absolute atomic E-state index is 0.0609. The van der Waals surface area contributed by atoms with Crippen LogP contribution in [0.2, 0.25) is 0 Å². The molecule has 0 spiro atoms. The maximum absolute atomic E-state index is 14.0. The van der Waals surface area contributed by atoms with E-state index in [0.29, 0.717) is 49.1 Å². The summed E-state index contributed by atoms with van der Waals surface area (Å²) in [6.07, 6.45) is 0. The van der Waals surface area contributed by atoms with Gasteiger partial charge in [-0.1, -0.05) is 24.3 Å². The molecule has 8 heteroatoms. The number of benzene rings is 2. The molecule has 2 aromatic carbocycles. The Morgan fingerprint density at radius 3 is 2.31 bits per heavy atom. The molecule has 1 amide bonds. The normalized spacial score (nSPS) is 14.1. The van der Waals surface area contributed by atoms with E-state index in [-0.39, 0.29) is 11.5 Å². The lowest BCUT2D eigenvalue weighted by atomic mass is 10.1. The second-order valence-electron chi connectivity index (χ2n) is 6.74. The quantitative estimate of drug-likeness (QED) is 0.735. The van der Waals surface area contributed by atoms with Gasteiger partial charge in [0.15, 0.2) is 0 Å². The molecule has 3 aromatic rings. The second-order valence-corrected chi connectivity index (χ2v) is 6.74. The Hall–Kier alpha value is -3.55. The van der Waals surface area contributed by atoms with Crippen molar-refractivity contribution in [2.24, 2.45) is 5.73 Å². The summed E-state index contributed by atoms with van der Waals surface area (Å²) in [5.41, 5.74) is 6.99. The number of hydrogen-bond donors (Lipinski definition) is 1.